The molecule has 0 N–H and O–H groups in total. The molecule has 4 aromatic carbocycles. The second-order valence-electron chi connectivity index (χ2n) is 10.9. The molecule has 3 heteroatoms. The predicted octanol–water partition coefficient (Wildman–Crippen LogP) is 8.87. The summed E-state index contributed by atoms with van der Waals surface area (Å²) in [6.45, 7) is 1.03. The molecule has 196 valence electrons. The van der Waals surface area contributed by atoms with Gasteiger partial charge in [0.15, 0.2) is 6.20 Å². The smallest absolute Gasteiger partial charge is 0.216 e. The highest BCUT2D eigenvalue weighted by atomic mass is 16.3. The van der Waals surface area contributed by atoms with E-state index in [2.05, 4.69) is 44.2 Å². The summed E-state index contributed by atoms with van der Waals surface area (Å²) < 4.78 is 56.6. The van der Waals surface area contributed by atoms with Crippen LogP contribution in [-0.4, -0.2) is 0 Å². The summed E-state index contributed by atoms with van der Waals surface area (Å²) in [5, 5.41) is 11.8. The fourth-order valence-electron chi connectivity index (χ4n) is 5.67. The van der Waals surface area contributed by atoms with E-state index in [-0.39, 0.29) is 16.5 Å². The Labute approximate surface area is 244 Å². The number of fused-ring (bicyclic) bond motifs is 3. The van der Waals surface area contributed by atoms with E-state index in [0.29, 0.717) is 33.6 Å². The van der Waals surface area contributed by atoms with Crippen molar-refractivity contribution in [3.05, 3.63) is 125 Å². The van der Waals surface area contributed by atoms with Crippen LogP contribution in [0.15, 0.2) is 95.5 Å². The summed E-state index contributed by atoms with van der Waals surface area (Å²) >= 11 is 0. The number of nitrogens with zero attached hydrogens (tertiary/aromatic N) is 2. The number of rotatable bonds is 4. The first kappa shape index (κ1) is 19.4. The van der Waals surface area contributed by atoms with E-state index >= 15 is 0 Å². The Hall–Kier alpha value is -4.68. The molecular weight excluding hydrogens is 488 g/mol. The monoisotopic (exact) mass is 527 g/mol. The van der Waals surface area contributed by atoms with Gasteiger partial charge in [0.25, 0.3) is 0 Å². The molecule has 2 aromatic heterocycles. The van der Waals surface area contributed by atoms with Crippen molar-refractivity contribution in [2.45, 2.75) is 39.9 Å². The molecule has 0 spiro atoms. The molecule has 0 aliphatic heterocycles. The van der Waals surface area contributed by atoms with E-state index in [1.165, 1.54) is 17.8 Å². The van der Waals surface area contributed by atoms with Gasteiger partial charge in [-0.2, -0.15) is 5.26 Å². The lowest BCUT2D eigenvalue weighted by atomic mass is 9.78. The van der Waals surface area contributed by atoms with Gasteiger partial charge in [-0.05, 0) is 60.6 Å². The van der Waals surface area contributed by atoms with Crippen LogP contribution in [0.3, 0.4) is 0 Å². The Morgan fingerprint density at radius 1 is 0.775 bits per heavy atom. The highest BCUT2D eigenvalue weighted by molar-refractivity contribution is 6.14. The van der Waals surface area contributed by atoms with Crippen molar-refractivity contribution in [1.82, 2.24) is 0 Å². The maximum Gasteiger partial charge on any atom is 0.216 e. The first-order chi connectivity index (χ1) is 21.6. The minimum absolute atomic E-state index is 0.215. The van der Waals surface area contributed by atoms with E-state index in [1.54, 1.807) is 17.7 Å². The Morgan fingerprint density at radius 2 is 1.43 bits per heavy atom. The van der Waals surface area contributed by atoms with Gasteiger partial charge < -0.3 is 4.42 Å². The van der Waals surface area contributed by atoms with Crippen molar-refractivity contribution in [3.63, 3.8) is 0 Å². The second-order valence-corrected chi connectivity index (χ2v) is 10.9. The number of aryl methyl sites for hydroxylation is 4. The fourth-order valence-corrected chi connectivity index (χ4v) is 5.67. The van der Waals surface area contributed by atoms with Crippen LogP contribution < -0.4 is 4.57 Å². The van der Waals surface area contributed by atoms with Gasteiger partial charge in [0, 0.05) is 41.6 Å². The largest absolute Gasteiger partial charge is 0.454 e. The highest BCUT2D eigenvalue weighted by Crippen LogP contribution is 2.42. The third-order valence-corrected chi connectivity index (χ3v) is 8.06. The predicted molar refractivity (Wildman–Crippen MR) is 163 cm³/mol. The van der Waals surface area contributed by atoms with Crippen molar-refractivity contribution in [2.75, 3.05) is 0 Å². The molecule has 0 unspecified atom stereocenters. The number of nitriles is 1. The minimum Gasteiger partial charge on any atom is -0.454 e. The van der Waals surface area contributed by atoms with Crippen molar-refractivity contribution < 1.29 is 17.2 Å². The van der Waals surface area contributed by atoms with Crippen LogP contribution in [0.25, 0.3) is 44.3 Å². The molecule has 3 nitrogen and oxygen atoms in total. The van der Waals surface area contributed by atoms with Gasteiger partial charge in [0.2, 0.25) is 5.69 Å². The summed E-state index contributed by atoms with van der Waals surface area (Å²) in [4.78, 5) is 0. The van der Waals surface area contributed by atoms with E-state index in [0.717, 1.165) is 27.5 Å². The Bertz CT molecular complexity index is 2170. The topological polar surface area (TPSA) is 40.8 Å². The number of benzene rings is 4. The van der Waals surface area contributed by atoms with Crippen LogP contribution >= 0.6 is 0 Å². The van der Waals surface area contributed by atoms with Gasteiger partial charge in [-0.25, -0.2) is 4.57 Å². The van der Waals surface area contributed by atoms with Crippen LogP contribution in [0.1, 0.15) is 55.5 Å². The third-order valence-electron chi connectivity index (χ3n) is 8.06. The van der Waals surface area contributed by atoms with Crippen LogP contribution in [0.5, 0.6) is 0 Å². The maximum absolute atomic E-state index is 10.2. The van der Waals surface area contributed by atoms with Crippen molar-refractivity contribution in [2.24, 2.45) is 7.05 Å². The highest BCUT2D eigenvalue weighted by Gasteiger charge is 2.25. The van der Waals surface area contributed by atoms with Gasteiger partial charge in [-0.15, -0.1) is 0 Å². The van der Waals surface area contributed by atoms with E-state index < -0.39 is 13.7 Å². The number of pyridine rings is 1. The molecule has 0 aliphatic rings. The van der Waals surface area contributed by atoms with E-state index in [4.69, 9.17) is 12.6 Å². The Balaban J connectivity index is 1.58. The molecule has 0 saturated heterocycles. The zero-order chi connectivity index (χ0) is 33.2. The van der Waals surface area contributed by atoms with Crippen LogP contribution in [0.4, 0.5) is 0 Å². The normalized spacial score (nSPS) is 14.6. The summed E-state index contributed by atoms with van der Waals surface area (Å²) in [5.41, 5.74) is 6.72. The number of aromatic nitrogens is 1. The second kappa shape index (κ2) is 9.50. The molecule has 0 fully saturated rings. The molecule has 40 heavy (non-hydrogen) atoms. The molecule has 6 rings (SSSR count). The molecule has 6 aromatic rings. The van der Waals surface area contributed by atoms with Gasteiger partial charge >= 0.3 is 0 Å². The van der Waals surface area contributed by atoms with Gasteiger partial charge in [-0.3, -0.25) is 0 Å². The zero-order valence-electron chi connectivity index (χ0n) is 29.0. The molecule has 0 bridgehead atoms. The summed E-state index contributed by atoms with van der Waals surface area (Å²) in [7, 11) is 1.70. The molecule has 0 saturated carbocycles. The quantitative estimate of drug-likeness (QED) is 0.215. The van der Waals surface area contributed by atoms with E-state index in [9.17, 15) is 5.26 Å². The minimum atomic E-state index is -2.64. The number of hydrogen-bond acceptors (Lipinski definition) is 2. The Morgan fingerprint density at radius 3 is 2.10 bits per heavy atom. The maximum atomic E-state index is 10.2. The van der Waals surface area contributed by atoms with E-state index in [1.807, 2.05) is 55.5 Å². The third kappa shape index (κ3) is 4.00. The summed E-state index contributed by atoms with van der Waals surface area (Å²) in [6.07, 6.45) is 1.38. The van der Waals surface area contributed by atoms with Crippen LogP contribution in [-0.2, 0) is 12.5 Å². The first-order valence-electron chi connectivity index (χ1n) is 16.2. The molecule has 0 amide bonds. The fraction of sp³-hybridized carbons (Fsp3) is 0.189. The lowest BCUT2D eigenvalue weighted by Crippen LogP contribution is -2.31. The standard InChI is InChI=1S/C37H33N2O/c1-23-12-18-30-31-19-15-27(21-38)34(26-13-16-29(17-14-26)37(4,5)28-10-8-7-9-11-28)36(31)40-35(30)33(23)32-20-24(2)25(3)22-39(32)6/h7-20,22H,1-6H3/q+1/i2D3,3D3. The van der Waals surface area contributed by atoms with Crippen molar-refractivity contribution in [3.8, 4) is 28.5 Å². The van der Waals surface area contributed by atoms with Crippen LogP contribution in [0, 0.1) is 32.0 Å². The van der Waals surface area contributed by atoms with Gasteiger partial charge in [0.05, 0.1) is 17.2 Å². The van der Waals surface area contributed by atoms with Gasteiger partial charge in [0.1, 0.15) is 18.2 Å². The Kier molecular flexibility index (Phi) is 4.61. The van der Waals surface area contributed by atoms with Crippen molar-refractivity contribution >= 4 is 21.9 Å². The first-order valence-corrected chi connectivity index (χ1v) is 13.2. The summed E-state index contributed by atoms with van der Waals surface area (Å²) in [5.74, 6) is 0. The molecular formula is C37H33N2O+. The lowest BCUT2D eigenvalue weighted by Gasteiger charge is -2.26. The number of hydrogen-bond donors (Lipinski definition) is 0. The van der Waals surface area contributed by atoms with Gasteiger partial charge in [-0.1, -0.05) is 80.6 Å². The zero-order valence-corrected chi connectivity index (χ0v) is 23.0. The average molecular weight is 528 g/mol. The SMILES string of the molecule is [2H]C([2H])([2H])c1cc(-c2c(C)ccc3c2oc2c(-c4ccc(C(C)(C)c5ccccc5)cc4)c(C#N)ccc23)[n+](C)cc1C([2H])([2H])[2H]. The molecule has 2 heterocycles. The average Bonchev–Trinajstić information content (AvgIpc) is 3.38. The number of furan rings is 1. The lowest BCUT2D eigenvalue weighted by molar-refractivity contribution is -0.660. The molecule has 0 aliphatic carbocycles. The molecule has 0 atom stereocenters. The summed E-state index contributed by atoms with van der Waals surface area (Å²) in [6, 6.07) is 29.9. The van der Waals surface area contributed by atoms with Crippen molar-refractivity contribution in [1.29, 1.82) is 5.26 Å². The van der Waals surface area contributed by atoms with Crippen LogP contribution in [0.2, 0.25) is 0 Å². The molecule has 0 radical (unpaired) electrons.